The van der Waals surface area contributed by atoms with Gasteiger partial charge in [-0.15, -0.1) is 0 Å². The molecule has 0 fully saturated rings. The summed E-state index contributed by atoms with van der Waals surface area (Å²) < 4.78 is 29.0. The Morgan fingerprint density at radius 2 is 1.82 bits per heavy atom. The standard InChI is InChI=1S/C22H23F2N3O/c1-16(2)27(22(28)25-21-11-10-18(23)13-20(21)24)15-19-9-6-12-26(19)14-17-7-4-3-5-8-17/h3-13,16H,14-15H2,1-2H3,(H,25,28). The summed E-state index contributed by atoms with van der Waals surface area (Å²) >= 11 is 0. The molecule has 0 unspecified atom stereocenters. The predicted molar refractivity (Wildman–Crippen MR) is 106 cm³/mol. The Morgan fingerprint density at radius 3 is 2.50 bits per heavy atom. The van der Waals surface area contributed by atoms with Crippen LogP contribution in [-0.4, -0.2) is 21.5 Å². The summed E-state index contributed by atoms with van der Waals surface area (Å²) in [6.45, 7) is 4.85. The second kappa shape index (κ2) is 8.69. The van der Waals surface area contributed by atoms with Crippen LogP contribution >= 0.6 is 0 Å². The minimum absolute atomic E-state index is 0.0447. The molecular weight excluding hydrogens is 360 g/mol. The smallest absolute Gasteiger partial charge is 0.322 e. The number of anilines is 1. The lowest BCUT2D eigenvalue weighted by molar-refractivity contribution is 0.192. The van der Waals surface area contributed by atoms with Gasteiger partial charge in [0, 0.05) is 30.5 Å². The van der Waals surface area contributed by atoms with Crippen molar-refractivity contribution in [2.45, 2.75) is 33.0 Å². The first-order valence-corrected chi connectivity index (χ1v) is 9.14. The number of urea groups is 1. The zero-order valence-electron chi connectivity index (χ0n) is 15.9. The number of amides is 2. The van der Waals surface area contributed by atoms with Crippen LogP contribution in [0.2, 0.25) is 0 Å². The number of hydrogen-bond donors (Lipinski definition) is 1. The van der Waals surface area contributed by atoms with Gasteiger partial charge in [-0.25, -0.2) is 13.6 Å². The molecule has 0 atom stereocenters. The average Bonchev–Trinajstić information content (AvgIpc) is 3.09. The van der Waals surface area contributed by atoms with Gasteiger partial charge >= 0.3 is 6.03 Å². The van der Waals surface area contributed by atoms with Crippen LogP contribution in [0.15, 0.2) is 66.9 Å². The Bertz CT molecular complexity index is 938. The molecule has 1 aromatic heterocycles. The quantitative estimate of drug-likeness (QED) is 0.620. The Balaban J connectivity index is 1.75. The van der Waals surface area contributed by atoms with E-state index in [9.17, 15) is 13.6 Å². The Morgan fingerprint density at radius 1 is 1.07 bits per heavy atom. The highest BCUT2D eigenvalue weighted by molar-refractivity contribution is 5.89. The number of carbonyl (C=O) groups excluding carboxylic acids is 1. The van der Waals surface area contributed by atoms with Gasteiger partial charge in [-0.2, -0.15) is 0 Å². The number of halogens is 2. The first kappa shape index (κ1) is 19.6. The van der Waals surface area contributed by atoms with E-state index in [-0.39, 0.29) is 11.7 Å². The molecule has 0 bridgehead atoms. The van der Waals surface area contributed by atoms with E-state index in [1.807, 2.05) is 62.5 Å². The summed E-state index contributed by atoms with van der Waals surface area (Å²) in [4.78, 5) is 14.3. The van der Waals surface area contributed by atoms with Gasteiger partial charge < -0.3 is 14.8 Å². The van der Waals surface area contributed by atoms with E-state index in [0.29, 0.717) is 13.1 Å². The van der Waals surface area contributed by atoms with Crippen LogP contribution in [0.5, 0.6) is 0 Å². The van der Waals surface area contributed by atoms with E-state index in [1.165, 1.54) is 6.07 Å². The van der Waals surface area contributed by atoms with Gasteiger partial charge in [0.25, 0.3) is 0 Å². The molecule has 0 aliphatic rings. The highest BCUT2D eigenvalue weighted by atomic mass is 19.1. The van der Waals surface area contributed by atoms with Gasteiger partial charge in [-0.05, 0) is 43.7 Å². The van der Waals surface area contributed by atoms with E-state index in [2.05, 4.69) is 9.88 Å². The summed E-state index contributed by atoms with van der Waals surface area (Å²) in [7, 11) is 0. The van der Waals surface area contributed by atoms with Crippen molar-refractivity contribution in [1.29, 1.82) is 0 Å². The summed E-state index contributed by atoms with van der Waals surface area (Å²) in [5.74, 6) is -1.49. The SMILES string of the molecule is CC(C)N(Cc1cccn1Cc1ccccc1)C(=O)Nc1ccc(F)cc1F. The fourth-order valence-corrected chi connectivity index (χ4v) is 2.97. The number of rotatable bonds is 6. The van der Waals surface area contributed by atoms with Gasteiger partial charge in [0.1, 0.15) is 11.6 Å². The normalized spacial score (nSPS) is 10.9. The van der Waals surface area contributed by atoms with E-state index in [0.717, 1.165) is 23.4 Å². The van der Waals surface area contributed by atoms with Crippen LogP contribution in [0.3, 0.4) is 0 Å². The van der Waals surface area contributed by atoms with Crippen LogP contribution in [0.1, 0.15) is 25.1 Å². The molecule has 4 nitrogen and oxygen atoms in total. The summed E-state index contributed by atoms with van der Waals surface area (Å²) in [6.07, 6.45) is 1.97. The van der Waals surface area contributed by atoms with Crippen molar-refractivity contribution in [3.63, 3.8) is 0 Å². The Kier molecular flexibility index (Phi) is 6.09. The molecule has 0 saturated carbocycles. The molecular formula is C22H23F2N3O. The number of nitrogens with one attached hydrogen (secondary N) is 1. The highest BCUT2D eigenvalue weighted by Crippen LogP contribution is 2.18. The van der Waals surface area contributed by atoms with Crippen LogP contribution < -0.4 is 5.32 Å². The van der Waals surface area contributed by atoms with Crippen LogP contribution in [0.25, 0.3) is 0 Å². The van der Waals surface area contributed by atoms with Crippen LogP contribution in [0.4, 0.5) is 19.3 Å². The fourth-order valence-electron chi connectivity index (χ4n) is 2.97. The van der Waals surface area contributed by atoms with Gasteiger partial charge in [-0.1, -0.05) is 30.3 Å². The third kappa shape index (κ3) is 4.76. The number of benzene rings is 2. The molecule has 0 saturated heterocycles. The van der Waals surface area contributed by atoms with Crippen LogP contribution in [0, 0.1) is 11.6 Å². The topological polar surface area (TPSA) is 37.3 Å². The number of carbonyl (C=O) groups is 1. The highest BCUT2D eigenvalue weighted by Gasteiger charge is 2.20. The van der Waals surface area contributed by atoms with E-state index in [4.69, 9.17) is 0 Å². The van der Waals surface area contributed by atoms with Crippen molar-refractivity contribution in [2.75, 3.05) is 5.32 Å². The largest absolute Gasteiger partial charge is 0.345 e. The second-order valence-electron chi connectivity index (χ2n) is 6.89. The molecule has 3 aromatic rings. The van der Waals surface area contributed by atoms with Gasteiger partial charge in [0.2, 0.25) is 0 Å². The molecule has 0 radical (unpaired) electrons. The van der Waals surface area contributed by atoms with E-state index >= 15 is 0 Å². The van der Waals surface area contributed by atoms with E-state index in [1.54, 1.807) is 4.90 Å². The third-order valence-corrected chi connectivity index (χ3v) is 4.51. The van der Waals surface area contributed by atoms with Crippen molar-refractivity contribution >= 4 is 11.7 Å². The second-order valence-corrected chi connectivity index (χ2v) is 6.89. The first-order valence-electron chi connectivity index (χ1n) is 9.14. The zero-order chi connectivity index (χ0) is 20.1. The molecule has 28 heavy (non-hydrogen) atoms. The number of aromatic nitrogens is 1. The molecule has 2 amide bonds. The third-order valence-electron chi connectivity index (χ3n) is 4.51. The summed E-state index contributed by atoms with van der Waals surface area (Å²) in [5, 5.41) is 2.54. The minimum atomic E-state index is -0.801. The summed E-state index contributed by atoms with van der Waals surface area (Å²) in [6, 6.07) is 16.5. The lowest BCUT2D eigenvalue weighted by Gasteiger charge is -2.27. The Labute approximate surface area is 163 Å². The molecule has 0 spiro atoms. The van der Waals surface area contributed by atoms with Gasteiger partial charge in [-0.3, -0.25) is 0 Å². The van der Waals surface area contributed by atoms with Crippen LogP contribution in [-0.2, 0) is 13.1 Å². The molecule has 0 aliphatic carbocycles. The number of hydrogen-bond acceptors (Lipinski definition) is 1. The lowest BCUT2D eigenvalue weighted by atomic mass is 10.2. The monoisotopic (exact) mass is 383 g/mol. The molecule has 1 heterocycles. The molecule has 6 heteroatoms. The zero-order valence-corrected chi connectivity index (χ0v) is 15.9. The molecule has 3 rings (SSSR count). The molecule has 1 N–H and O–H groups in total. The maximum Gasteiger partial charge on any atom is 0.322 e. The maximum absolute atomic E-state index is 13.9. The average molecular weight is 383 g/mol. The van der Waals surface area contributed by atoms with E-state index < -0.39 is 17.7 Å². The lowest BCUT2D eigenvalue weighted by Crippen LogP contribution is -2.40. The van der Waals surface area contributed by atoms with Gasteiger partial charge in [0.05, 0.1) is 12.2 Å². The van der Waals surface area contributed by atoms with Crippen molar-refractivity contribution < 1.29 is 13.6 Å². The molecule has 0 aliphatic heterocycles. The minimum Gasteiger partial charge on any atom is -0.345 e. The maximum atomic E-state index is 13.9. The predicted octanol–water partition coefficient (Wildman–Crippen LogP) is 5.26. The van der Waals surface area contributed by atoms with Crippen molar-refractivity contribution in [3.8, 4) is 0 Å². The van der Waals surface area contributed by atoms with Crippen molar-refractivity contribution in [1.82, 2.24) is 9.47 Å². The van der Waals surface area contributed by atoms with Crippen molar-refractivity contribution in [3.05, 3.63) is 89.8 Å². The first-order chi connectivity index (χ1) is 13.4. The Hall–Kier alpha value is -3.15. The van der Waals surface area contributed by atoms with Gasteiger partial charge in [0.15, 0.2) is 0 Å². The summed E-state index contributed by atoms with van der Waals surface area (Å²) in [5.41, 5.74) is 2.08. The number of nitrogens with zero attached hydrogens (tertiary/aromatic N) is 2. The molecule has 146 valence electrons. The fraction of sp³-hybridized carbons (Fsp3) is 0.227. The van der Waals surface area contributed by atoms with Crippen molar-refractivity contribution in [2.24, 2.45) is 0 Å². The molecule has 2 aromatic carbocycles.